The lowest BCUT2D eigenvalue weighted by Crippen LogP contribution is -2.41. The first-order valence-corrected chi connectivity index (χ1v) is 9.73. The van der Waals surface area contributed by atoms with Crippen molar-refractivity contribution in [2.75, 3.05) is 27.8 Å². The lowest BCUT2D eigenvalue weighted by atomic mass is 9.82. The number of rotatable bonds is 4. The van der Waals surface area contributed by atoms with Crippen LogP contribution in [0.5, 0.6) is 0 Å². The van der Waals surface area contributed by atoms with Gasteiger partial charge in [-0.1, -0.05) is 19.9 Å². The van der Waals surface area contributed by atoms with Crippen molar-refractivity contribution in [2.45, 2.75) is 26.3 Å². The van der Waals surface area contributed by atoms with Gasteiger partial charge in [0, 0.05) is 17.5 Å². The van der Waals surface area contributed by atoms with Crippen LogP contribution in [0.4, 0.5) is 11.4 Å². The highest BCUT2D eigenvalue weighted by Crippen LogP contribution is 2.36. The molecular weight excluding hydrogens is 292 g/mol. The molecule has 0 bridgehead atoms. The molecule has 0 saturated carbocycles. The monoisotopic (exact) mass is 314 g/mol. The van der Waals surface area contributed by atoms with Gasteiger partial charge < -0.3 is 5.32 Å². The van der Waals surface area contributed by atoms with E-state index in [0.29, 0.717) is 11.7 Å². The molecule has 1 aliphatic heterocycles. The molecule has 1 saturated heterocycles. The first-order valence-electron chi connectivity index (χ1n) is 6.68. The van der Waals surface area contributed by atoms with Gasteiger partial charge in [0.25, 0.3) is 0 Å². The van der Waals surface area contributed by atoms with E-state index in [9.17, 15) is 8.42 Å². The van der Waals surface area contributed by atoms with Gasteiger partial charge in [0.2, 0.25) is 10.0 Å². The number of hydrogen-bond donors (Lipinski definition) is 2. The topological polar surface area (TPSA) is 58.2 Å². The van der Waals surface area contributed by atoms with E-state index in [1.54, 1.807) is 6.07 Å². The van der Waals surface area contributed by atoms with Gasteiger partial charge >= 0.3 is 0 Å². The van der Waals surface area contributed by atoms with Gasteiger partial charge in [-0.2, -0.15) is 11.8 Å². The van der Waals surface area contributed by atoms with Gasteiger partial charge in [-0.3, -0.25) is 4.72 Å². The summed E-state index contributed by atoms with van der Waals surface area (Å²) in [6.07, 6.45) is 2.35. The molecule has 1 fully saturated rings. The maximum atomic E-state index is 11.3. The standard InChI is InChI=1S/C14H22N2O2S2/c1-14(2)7-8-19-10-13(14)15-11-5-4-6-12(9-11)16-20(3,17)18/h4-6,9,13,15-16H,7-8,10H2,1-3H3. The summed E-state index contributed by atoms with van der Waals surface area (Å²) in [6.45, 7) is 4.56. The van der Waals surface area contributed by atoms with E-state index in [4.69, 9.17) is 0 Å². The number of thioether (sulfide) groups is 1. The molecule has 112 valence electrons. The summed E-state index contributed by atoms with van der Waals surface area (Å²) < 4.78 is 25.0. The molecule has 1 unspecified atom stereocenters. The van der Waals surface area contributed by atoms with E-state index >= 15 is 0 Å². The van der Waals surface area contributed by atoms with E-state index in [2.05, 4.69) is 23.9 Å². The third-order valence-electron chi connectivity index (χ3n) is 3.63. The molecule has 0 radical (unpaired) electrons. The Morgan fingerprint density at radius 3 is 2.65 bits per heavy atom. The van der Waals surface area contributed by atoms with Gasteiger partial charge in [-0.15, -0.1) is 0 Å². The van der Waals surface area contributed by atoms with Crippen molar-refractivity contribution in [2.24, 2.45) is 5.41 Å². The van der Waals surface area contributed by atoms with Crippen LogP contribution in [0.15, 0.2) is 24.3 Å². The molecule has 4 nitrogen and oxygen atoms in total. The molecule has 0 aromatic heterocycles. The van der Waals surface area contributed by atoms with E-state index < -0.39 is 10.0 Å². The van der Waals surface area contributed by atoms with E-state index in [-0.39, 0.29) is 5.41 Å². The van der Waals surface area contributed by atoms with Crippen LogP contribution < -0.4 is 10.0 Å². The fourth-order valence-corrected chi connectivity index (χ4v) is 4.42. The Balaban J connectivity index is 2.11. The Morgan fingerprint density at radius 2 is 2.00 bits per heavy atom. The molecule has 1 heterocycles. The average Bonchev–Trinajstić information content (AvgIpc) is 2.30. The molecule has 0 amide bonds. The number of benzene rings is 1. The molecule has 1 aromatic rings. The van der Waals surface area contributed by atoms with Crippen molar-refractivity contribution in [3.63, 3.8) is 0 Å². The highest BCUT2D eigenvalue weighted by Gasteiger charge is 2.32. The number of nitrogens with one attached hydrogen (secondary N) is 2. The summed E-state index contributed by atoms with van der Waals surface area (Å²) >= 11 is 1.96. The lowest BCUT2D eigenvalue weighted by molar-refractivity contribution is 0.305. The second-order valence-corrected chi connectivity index (χ2v) is 8.86. The van der Waals surface area contributed by atoms with Gasteiger partial charge in [0.1, 0.15) is 0 Å². The van der Waals surface area contributed by atoms with Gasteiger partial charge in [0.15, 0.2) is 0 Å². The van der Waals surface area contributed by atoms with E-state index in [1.165, 1.54) is 12.2 Å². The molecule has 1 aromatic carbocycles. The number of sulfonamides is 1. The highest BCUT2D eigenvalue weighted by molar-refractivity contribution is 7.99. The Morgan fingerprint density at radius 1 is 1.30 bits per heavy atom. The third kappa shape index (κ3) is 4.31. The summed E-state index contributed by atoms with van der Waals surface area (Å²) in [4.78, 5) is 0. The second-order valence-electron chi connectivity index (χ2n) is 5.97. The van der Waals surface area contributed by atoms with Crippen molar-refractivity contribution in [3.8, 4) is 0 Å². The third-order valence-corrected chi connectivity index (χ3v) is 5.29. The van der Waals surface area contributed by atoms with Crippen LogP contribution in [0.25, 0.3) is 0 Å². The maximum Gasteiger partial charge on any atom is 0.229 e. The average molecular weight is 314 g/mol. The van der Waals surface area contributed by atoms with Crippen LogP contribution >= 0.6 is 11.8 Å². The minimum absolute atomic E-state index is 0.255. The molecular formula is C14H22N2O2S2. The molecule has 20 heavy (non-hydrogen) atoms. The Labute approximate surface area is 125 Å². The van der Waals surface area contributed by atoms with Crippen molar-refractivity contribution >= 4 is 33.2 Å². The number of anilines is 2. The van der Waals surface area contributed by atoms with Crippen LogP contribution in [-0.2, 0) is 10.0 Å². The van der Waals surface area contributed by atoms with Crippen molar-refractivity contribution in [1.29, 1.82) is 0 Å². The van der Waals surface area contributed by atoms with Crippen LogP contribution in [0.2, 0.25) is 0 Å². The predicted octanol–water partition coefficient (Wildman–Crippen LogP) is 3.00. The normalized spacial score (nSPS) is 22.2. The molecule has 2 N–H and O–H groups in total. The zero-order chi connectivity index (χ0) is 14.8. The Hall–Kier alpha value is -0.880. The van der Waals surface area contributed by atoms with Gasteiger partial charge in [0.05, 0.1) is 11.9 Å². The summed E-state index contributed by atoms with van der Waals surface area (Å²) in [5, 5.41) is 3.54. The predicted molar refractivity (Wildman–Crippen MR) is 88.0 cm³/mol. The van der Waals surface area contributed by atoms with E-state index in [1.807, 2.05) is 30.0 Å². The zero-order valence-electron chi connectivity index (χ0n) is 12.1. The van der Waals surface area contributed by atoms with Crippen molar-refractivity contribution < 1.29 is 8.42 Å². The fourth-order valence-electron chi connectivity index (χ4n) is 2.26. The molecule has 6 heteroatoms. The molecule has 0 aliphatic carbocycles. The quantitative estimate of drug-likeness (QED) is 0.897. The SMILES string of the molecule is CC1(C)CCSCC1Nc1cccc(NS(C)(=O)=O)c1. The van der Waals surface area contributed by atoms with Crippen LogP contribution in [-0.4, -0.2) is 32.2 Å². The van der Waals surface area contributed by atoms with Crippen LogP contribution in [0, 0.1) is 5.41 Å². The smallest absolute Gasteiger partial charge is 0.229 e. The first kappa shape index (κ1) is 15.5. The summed E-state index contributed by atoms with van der Waals surface area (Å²) in [5.41, 5.74) is 1.81. The Kier molecular flexibility index (Phi) is 4.54. The highest BCUT2D eigenvalue weighted by atomic mass is 32.2. The first-order chi connectivity index (χ1) is 9.26. The van der Waals surface area contributed by atoms with Gasteiger partial charge in [-0.05, 0) is 35.8 Å². The maximum absolute atomic E-state index is 11.3. The second kappa shape index (κ2) is 5.85. The summed E-state index contributed by atoms with van der Waals surface area (Å²) in [6, 6.07) is 7.83. The largest absolute Gasteiger partial charge is 0.381 e. The molecule has 0 spiro atoms. The fraction of sp³-hybridized carbons (Fsp3) is 0.571. The van der Waals surface area contributed by atoms with Crippen molar-refractivity contribution in [3.05, 3.63) is 24.3 Å². The molecule has 1 aliphatic rings. The minimum Gasteiger partial charge on any atom is -0.381 e. The molecule has 1 atom stereocenters. The number of hydrogen-bond acceptors (Lipinski definition) is 4. The Bertz CT molecular complexity index is 570. The summed E-state index contributed by atoms with van der Waals surface area (Å²) in [5.74, 6) is 2.29. The summed E-state index contributed by atoms with van der Waals surface area (Å²) in [7, 11) is -3.23. The van der Waals surface area contributed by atoms with Crippen molar-refractivity contribution in [1.82, 2.24) is 0 Å². The van der Waals surface area contributed by atoms with E-state index in [0.717, 1.165) is 17.7 Å². The van der Waals surface area contributed by atoms with Crippen LogP contribution in [0.1, 0.15) is 20.3 Å². The lowest BCUT2D eigenvalue weighted by Gasteiger charge is -2.39. The minimum atomic E-state index is -3.23. The zero-order valence-corrected chi connectivity index (χ0v) is 13.8. The van der Waals surface area contributed by atoms with Crippen LogP contribution in [0.3, 0.4) is 0 Å². The van der Waals surface area contributed by atoms with Gasteiger partial charge in [-0.25, -0.2) is 8.42 Å². The molecule has 2 rings (SSSR count).